The van der Waals surface area contributed by atoms with Crippen LogP contribution in [0.1, 0.15) is 55.6 Å². The Kier molecular flexibility index (Phi) is 11.5. The molecule has 342 valence electrons. The van der Waals surface area contributed by atoms with Crippen LogP contribution in [0.4, 0.5) is 17.1 Å². The molecule has 0 saturated carbocycles. The van der Waals surface area contributed by atoms with E-state index in [9.17, 15) is 4.21 Å². The second-order valence-corrected chi connectivity index (χ2v) is 22.3. The van der Waals surface area contributed by atoms with Crippen LogP contribution in [0.3, 0.4) is 0 Å². The van der Waals surface area contributed by atoms with Crippen LogP contribution in [0.2, 0.25) is 0 Å². The van der Waals surface area contributed by atoms with E-state index in [0.717, 1.165) is 42.6 Å². The van der Waals surface area contributed by atoms with Crippen molar-refractivity contribution < 1.29 is 4.21 Å². The van der Waals surface area contributed by atoms with Crippen LogP contribution in [0.25, 0.3) is 50.5 Å². The number of benzene rings is 10. The van der Waals surface area contributed by atoms with Gasteiger partial charge in [-0.15, -0.1) is 0 Å². The SMILES string of the molecule is C1=Cc2cccc3cc4c(c(c23)C1)Sc1ccccc1C4.C1=Cc2cccc3cc4c(c(c23)C1)Sc1ccccc1N4c1ccccc1.CS(=O)c1ccccc1Cc1cc2c3c(cccc3c1)C=CC2. The third kappa shape index (κ3) is 8.07. The van der Waals surface area contributed by atoms with E-state index in [2.05, 4.69) is 205 Å². The van der Waals surface area contributed by atoms with Crippen molar-refractivity contribution >= 4 is 102 Å². The molecular weight excluding hydrogens is 919 g/mol. The maximum Gasteiger partial charge on any atom is 0.0610 e. The van der Waals surface area contributed by atoms with Gasteiger partial charge in [0.2, 0.25) is 0 Å². The molecule has 0 amide bonds. The van der Waals surface area contributed by atoms with E-state index in [1.54, 1.807) is 6.26 Å². The molecule has 5 heteroatoms. The van der Waals surface area contributed by atoms with Gasteiger partial charge in [0, 0.05) is 36.4 Å². The molecule has 2 nitrogen and oxygen atoms in total. The summed E-state index contributed by atoms with van der Waals surface area (Å²) in [6.45, 7) is 0. The number of para-hydroxylation sites is 2. The van der Waals surface area contributed by atoms with Gasteiger partial charge in [-0.1, -0.05) is 193 Å². The molecular formula is C66H49NOS3. The Labute approximate surface area is 426 Å². The van der Waals surface area contributed by atoms with E-state index >= 15 is 0 Å². The second-order valence-electron chi connectivity index (χ2n) is 18.8. The lowest BCUT2D eigenvalue weighted by Crippen LogP contribution is -2.16. The summed E-state index contributed by atoms with van der Waals surface area (Å²) in [5.41, 5.74) is 17.6. The highest BCUT2D eigenvalue weighted by molar-refractivity contribution is 8.00. The van der Waals surface area contributed by atoms with Gasteiger partial charge in [-0.05, 0) is 169 Å². The molecule has 2 heterocycles. The Morgan fingerprint density at radius 3 is 1.82 bits per heavy atom. The summed E-state index contributed by atoms with van der Waals surface area (Å²) in [6, 6.07) is 65.4. The Hall–Kier alpha value is -7.15. The van der Waals surface area contributed by atoms with Crippen molar-refractivity contribution in [2.24, 2.45) is 0 Å². The van der Waals surface area contributed by atoms with Gasteiger partial charge < -0.3 is 4.90 Å². The molecule has 0 spiro atoms. The van der Waals surface area contributed by atoms with E-state index in [-0.39, 0.29) is 0 Å². The molecule has 0 saturated heterocycles. The lowest BCUT2D eigenvalue weighted by molar-refractivity contribution is 0.686. The minimum atomic E-state index is -0.952. The normalized spacial score (nSPS) is 14.4. The largest absolute Gasteiger partial charge is 0.308 e. The van der Waals surface area contributed by atoms with Crippen molar-refractivity contribution in [2.45, 2.75) is 56.6 Å². The van der Waals surface area contributed by atoms with Gasteiger partial charge in [0.1, 0.15) is 0 Å². The van der Waals surface area contributed by atoms with E-state index in [0.29, 0.717) is 0 Å². The number of hydrogen-bond donors (Lipinski definition) is 0. The van der Waals surface area contributed by atoms with Crippen LogP contribution in [0.5, 0.6) is 0 Å². The van der Waals surface area contributed by atoms with Crippen molar-refractivity contribution in [2.75, 3.05) is 11.2 Å². The zero-order valence-electron chi connectivity index (χ0n) is 39.4. The van der Waals surface area contributed by atoms with Gasteiger partial charge >= 0.3 is 0 Å². The van der Waals surface area contributed by atoms with Crippen molar-refractivity contribution in [1.29, 1.82) is 0 Å². The Morgan fingerprint density at radius 1 is 0.479 bits per heavy atom. The Balaban J connectivity index is 0.000000105. The summed E-state index contributed by atoms with van der Waals surface area (Å²) in [7, 11) is -0.952. The molecule has 15 rings (SSSR count). The molecule has 0 radical (unpaired) electrons. The van der Waals surface area contributed by atoms with E-state index in [4.69, 9.17) is 0 Å². The molecule has 0 aromatic heterocycles. The van der Waals surface area contributed by atoms with Crippen molar-refractivity contribution in [3.63, 3.8) is 0 Å². The van der Waals surface area contributed by atoms with E-state index < -0.39 is 10.8 Å². The fourth-order valence-corrected chi connectivity index (χ4v) is 14.5. The molecule has 71 heavy (non-hydrogen) atoms. The second kappa shape index (κ2) is 18.5. The molecule has 1 unspecified atom stereocenters. The summed E-state index contributed by atoms with van der Waals surface area (Å²) < 4.78 is 11.9. The zero-order chi connectivity index (χ0) is 47.4. The summed E-state index contributed by atoms with van der Waals surface area (Å²) in [5.74, 6) is 0. The number of hydrogen-bond acceptors (Lipinski definition) is 4. The quantitative estimate of drug-likeness (QED) is 0.175. The maximum atomic E-state index is 11.9. The zero-order valence-corrected chi connectivity index (χ0v) is 41.8. The minimum absolute atomic E-state index is 0.826. The monoisotopic (exact) mass is 967 g/mol. The maximum absolute atomic E-state index is 11.9. The van der Waals surface area contributed by atoms with Gasteiger partial charge in [-0.25, -0.2) is 0 Å². The predicted molar refractivity (Wildman–Crippen MR) is 304 cm³/mol. The molecule has 10 aromatic rings. The standard InChI is InChI=1S/C25H17NS.C21H18OS.C20H14S/c1-2-11-19(12-3-1)26-21-14-4-5-15-23(21)27-25-20-13-7-9-17-8-6-10-18(24(17)20)16-22(25)26;1-23(22)20-11-3-2-6-17(20)12-15-13-18-9-4-7-16-8-5-10-19(14-15)21(16)18;1-2-10-18-14(5-1)11-16-12-15-8-3-6-13-7-4-9-17(19(13)15)20(16)21-18/h1-12,14-16H,13H2;2-9,11,13-14H,10,12H2,1H3;1-8,10,12H,9,11H2. The number of fused-ring (bicyclic) bond motifs is 6. The molecule has 5 aliphatic rings. The minimum Gasteiger partial charge on any atom is -0.308 e. The van der Waals surface area contributed by atoms with Crippen LogP contribution in [-0.2, 0) is 42.9 Å². The van der Waals surface area contributed by atoms with Crippen molar-refractivity contribution in [3.05, 3.63) is 256 Å². The number of nitrogens with zero attached hydrogens (tertiary/aromatic N) is 1. The Bertz CT molecular complexity index is 3900. The number of anilines is 3. The Morgan fingerprint density at radius 2 is 1.07 bits per heavy atom. The molecule has 1 atom stereocenters. The fourth-order valence-electron chi connectivity index (χ4n) is 11.3. The molecule has 3 aliphatic carbocycles. The molecule has 0 bridgehead atoms. The van der Waals surface area contributed by atoms with Gasteiger partial charge in [-0.3, -0.25) is 4.21 Å². The average molecular weight is 968 g/mol. The van der Waals surface area contributed by atoms with Crippen LogP contribution in [0.15, 0.2) is 225 Å². The van der Waals surface area contributed by atoms with Gasteiger partial charge in [0.25, 0.3) is 0 Å². The highest BCUT2D eigenvalue weighted by Gasteiger charge is 2.29. The lowest BCUT2D eigenvalue weighted by atomic mass is 9.89. The third-order valence-corrected chi connectivity index (χ3v) is 18.0. The summed E-state index contributed by atoms with van der Waals surface area (Å²) in [6.07, 6.45) is 20.3. The molecule has 0 N–H and O–H groups in total. The highest BCUT2D eigenvalue weighted by atomic mass is 32.2. The average Bonchev–Trinajstić information content (AvgIpc) is 3.41. The fraction of sp³-hybridized carbons (Fsp3) is 0.0909. The lowest BCUT2D eigenvalue weighted by Gasteiger charge is -2.35. The molecule has 0 fully saturated rings. The van der Waals surface area contributed by atoms with Crippen LogP contribution >= 0.6 is 23.5 Å². The third-order valence-electron chi connectivity index (χ3n) is 14.4. The first-order chi connectivity index (χ1) is 35.0. The summed E-state index contributed by atoms with van der Waals surface area (Å²) in [5, 5.41) is 8.28. The van der Waals surface area contributed by atoms with Gasteiger partial charge in [-0.2, -0.15) is 0 Å². The first-order valence-electron chi connectivity index (χ1n) is 24.5. The first-order valence-corrected chi connectivity index (χ1v) is 27.7. The summed E-state index contributed by atoms with van der Waals surface area (Å²) in [4.78, 5) is 8.99. The van der Waals surface area contributed by atoms with Crippen molar-refractivity contribution in [1.82, 2.24) is 0 Å². The van der Waals surface area contributed by atoms with Crippen LogP contribution < -0.4 is 4.90 Å². The molecule has 2 aliphatic heterocycles. The topological polar surface area (TPSA) is 20.3 Å². The van der Waals surface area contributed by atoms with Crippen LogP contribution in [0, 0.1) is 0 Å². The van der Waals surface area contributed by atoms with Gasteiger partial charge in [0.05, 0.1) is 22.2 Å². The predicted octanol–water partition coefficient (Wildman–Crippen LogP) is 17.5. The smallest absolute Gasteiger partial charge is 0.0610 e. The highest BCUT2D eigenvalue weighted by Crippen LogP contribution is 2.55. The number of allylic oxidation sites excluding steroid dienone is 3. The van der Waals surface area contributed by atoms with Crippen molar-refractivity contribution in [3.8, 4) is 0 Å². The van der Waals surface area contributed by atoms with Gasteiger partial charge in [0.15, 0.2) is 0 Å². The van der Waals surface area contributed by atoms with E-state index in [1.807, 2.05) is 41.7 Å². The first kappa shape index (κ1) is 43.8. The van der Waals surface area contributed by atoms with E-state index in [1.165, 1.54) is 119 Å². The van der Waals surface area contributed by atoms with Crippen LogP contribution in [-0.4, -0.2) is 10.5 Å². The molecule has 10 aromatic carbocycles. The summed E-state index contributed by atoms with van der Waals surface area (Å²) >= 11 is 3.87. The number of rotatable bonds is 4.